The van der Waals surface area contributed by atoms with Gasteiger partial charge in [-0.1, -0.05) is 11.6 Å². The minimum Gasteiger partial charge on any atom is -0.355 e. The number of fused-ring (bicyclic) bond motifs is 1. The number of Topliss-reactive ketones (excluding diaryl/α,β-unsaturated/α-hetero) is 1. The van der Waals surface area contributed by atoms with Crippen molar-refractivity contribution in [2.24, 2.45) is 0 Å². The number of rotatable bonds is 4. The molecule has 1 saturated heterocycles. The predicted molar refractivity (Wildman–Crippen MR) is 116 cm³/mol. The van der Waals surface area contributed by atoms with Gasteiger partial charge in [-0.3, -0.25) is 9.59 Å². The summed E-state index contributed by atoms with van der Waals surface area (Å²) in [5.41, 5.74) is 4.76. The Kier molecular flexibility index (Phi) is 5.30. The Hall–Kier alpha value is -3.21. The third-order valence-electron chi connectivity index (χ3n) is 5.40. The van der Waals surface area contributed by atoms with Gasteiger partial charge >= 0.3 is 0 Å². The molecule has 2 aromatic carbocycles. The topological polar surface area (TPSA) is 62.3 Å². The van der Waals surface area contributed by atoms with E-state index in [2.05, 4.69) is 16.4 Å². The minimum absolute atomic E-state index is 0.0119. The summed E-state index contributed by atoms with van der Waals surface area (Å²) >= 11 is 0. The van der Waals surface area contributed by atoms with E-state index in [9.17, 15) is 9.59 Å². The lowest BCUT2D eigenvalue weighted by Gasteiger charge is -2.26. The van der Waals surface area contributed by atoms with Crippen molar-refractivity contribution in [2.45, 2.75) is 33.1 Å². The number of piperidine rings is 1. The number of anilines is 2. The molecule has 148 valence electrons. The normalized spacial score (nSPS) is 14.1. The molecule has 2 heterocycles. The molecule has 1 N–H and O–H groups in total. The summed E-state index contributed by atoms with van der Waals surface area (Å²) in [6.07, 6.45) is 3.27. The summed E-state index contributed by atoms with van der Waals surface area (Å²) in [7, 11) is 0. The minimum atomic E-state index is -0.0119. The maximum atomic E-state index is 13.0. The number of aryl methyl sites for hydroxylation is 1. The molecule has 0 unspecified atom stereocenters. The Bertz CT molecular complexity index is 1070. The summed E-state index contributed by atoms with van der Waals surface area (Å²) in [5, 5.41) is 4.38. The fraction of sp³-hybridized carbons (Fsp3) is 0.292. The number of ketones is 1. The molecule has 0 spiro atoms. The summed E-state index contributed by atoms with van der Waals surface area (Å²) in [6, 6.07) is 15.3. The van der Waals surface area contributed by atoms with Crippen molar-refractivity contribution in [2.75, 3.05) is 18.4 Å². The summed E-state index contributed by atoms with van der Waals surface area (Å²) in [5.74, 6) is 0.0260. The molecule has 29 heavy (non-hydrogen) atoms. The molecule has 0 saturated carbocycles. The summed E-state index contributed by atoms with van der Waals surface area (Å²) in [6.45, 7) is 5.18. The highest BCUT2D eigenvalue weighted by Crippen LogP contribution is 2.28. The quantitative estimate of drug-likeness (QED) is 0.632. The Morgan fingerprint density at radius 2 is 1.69 bits per heavy atom. The van der Waals surface area contributed by atoms with Crippen molar-refractivity contribution in [3.8, 4) is 0 Å². The van der Waals surface area contributed by atoms with Crippen LogP contribution in [0.1, 0.15) is 52.6 Å². The van der Waals surface area contributed by atoms with E-state index in [0.717, 1.165) is 53.8 Å². The summed E-state index contributed by atoms with van der Waals surface area (Å²) in [4.78, 5) is 31.1. The van der Waals surface area contributed by atoms with Gasteiger partial charge in [0.2, 0.25) is 0 Å². The first kappa shape index (κ1) is 19.1. The zero-order valence-corrected chi connectivity index (χ0v) is 16.9. The van der Waals surface area contributed by atoms with Crippen molar-refractivity contribution in [3.05, 3.63) is 65.4 Å². The predicted octanol–water partition coefficient (Wildman–Crippen LogP) is 5.12. The average Bonchev–Trinajstić information content (AvgIpc) is 2.74. The van der Waals surface area contributed by atoms with Crippen molar-refractivity contribution >= 4 is 34.0 Å². The van der Waals surface area contributed by atoms with E-state index in [1.165, 1.54) is 6.42 Å². The maximum Gasteiger partial charge on any atom is 0.272 e. The first-order chi connectivity index (χ1) is 14.0. The first-order valence-electron chi connectivity index (χ1n) is 10.1. The molecule has 0 aliphatic carbocycles. The molecule has 0 radical (unpaired) electrons. The molecule has 1 aliphatic rings. The number of amides is 1. The van der Waals surface area contributed by atoms with E-state index in [0.29, 0.717) is 11.3 Å². The molecule has 1 aromatic heterocycles. The second-order valence-corrected chi connectivity index (χ2v) is 7.69. The zero-order valence-electron chi connectivity index (χ0n) is 16.9. The number of nitrogens with zero attached hydrogens (tertiary/aromatic N) is 2. The third-order valence-corrected chi connectivity index (χ3v) is 5.40. The Balaban J connectivity index is 1.73. The van der Waals surface area contributed by atoms with Gasteiger partial charge in [0.25, 0.3) is 5.91 Å². The smallest absolute Gasteiger partial charge is 0.272 e. The molecule has 1 aliphatic heterocycles. The van der Waals surface area contributed by atoms with Crippen molar-refractivity contribution in [3.63, 3.8) is 0 Å². The van der Waals surface area contributed by atoms with Gasteiger partial charge in [-0.05, 0) is 75.6 Å². The van der Waals surface area contributed by atoms with E-state index >= 15 is 0 Å². The van der Waals surface area contributed by atoms with Crippen LogP contribution in [0.2, 0.25) is 0 Å². The average molecular weight is 387 g/mol. The van der Waals surface area contributed by atoms with Crippen molar-refractivity contribution in [1.29, 1.82) is 0 Å². The van der Waals surface area contributed by atoms with Crippen molar-refractivity contribution in [1.82, 2.24) is 9.88 Å². The van der Waals surface area contributed by atoms with Gasteiger partial charge in [0, 0.05) is 29.7 Å². The molecule has 1 amide bonds. The monoisotopic (exact) mass is 387 g/mol. The van der Waals surface area contributed by atoms with Gasteiger partial charge in [-0.25, -0.2) is 4.98 Å². The Morgan fingerprint density at radius 1 is 0.966 bits per heavy atom. The highest BCUT2D eigenvalue weighted by atomic mass is 16.2. The van der Waals surface area contributed by atoms with Crippen LogP contribution < -0.4 is 5.32 Å². The highest BCUT2D eigenvalue weighted by molar-refractivity contribution is 6.01. The van der Waals surface area contributed by atoms with Crippen molar-refractivity contribution < 1.29 is 9.59 Å². The number of benzene rings is 2. The van der Waals surface area contributed by atoms with E-state index < -0.39 is 0 Å². The first-order valence-corrected chi connectivity index (χ1v) is 10.1. The van der Waals surface area contributed by atoms with Crippen LogP contribution in [-0.4, -0.2) is 34.7 Å². The SMILES string of the molecule is CC(=O)c1ccc(Nc2cc(C(=O)N3CCCCC3)nc3ccc(C)cc23)cc1. The van der Waals surface area contributed by atoms with E-state index in [1.54, 1.807) is 19.1 Å². The van der Waals surface area contributed by atoms with Crippen LogP contribution in [0.3, 0.4) is 0 Å². The van der Waals surface area contributed by atoms with Crippen LogP contribution in [0.25, 0.3) is 10.9 Å². The second kappa shape index (κ2) is 8.03. The number of likely N-dealkylation sites (tertiary alicyclic amines) is 1. The summed E-state index contributed by atoms with van der Waals surface area (Å²) < 4.78 is 0. The number of hydrogen-bond acceptors (Lipinski definition) is 4. The van der Waals surface area contributed by atoms with Gasteiger partial charge in [-0.2, -0.15) is 0 Å². The lowest BCUT2D eigenvalue weighted by molar-refractivity contribution is 0.0718. The number of aromatic nitrogens is 1. The van der Waals surface area contributed by atoms with E-state index in [1.807, 2.05) is 42.2 Å². The van der Waals surface area contributed by atoms with Crippen LogP contribution in [-0.2, 0) is 0 Å². The largest absolute Gasteiger partial charge is 0.355 e. The Labute approximate surface area is 170 Å². The Morgan fingerprint density at radius 3 is 2.38 bits per heavy atom. The molecule has 5 nitrogen and oxygen atoms in total. The van der Waals surface area contributed by atoms with Gasteiger partial charge in [0.05, 0.1) is 11.2 Å². The lowest BCUT2D eigenvalue weighted by Crippen LogP contribution is -2.36. The number of nitrogens with one attached hydrogen (secondary N) is 1. The van der Waals surface area contributed by atoms with Crippen LogP contribution in [0, 0.1) is 6.92 Å². The number of pyridine rings is 1. The number of hydrogen-bond donors (Lipinski definition) is 1. The molecule has 1 fully saturated rings. The van der Waals surface area contributed by atoms with Gasteiger partial charge < -0.3 is 10.2 Å². The fourth-order valence-corrected chi connectivity index (χ4v) is 3.76. The van der Waals surface area contributed by atoms with Crippen LogP contribution >= 0.6 is 0 Å². The molecule has 5 heteroatoms. The maximum absolute atomic E-state index is 13.0. The van der Waals surface area contributed by atoms with Crippen LogP contribution in [0.15, 0.2) is 48.5 Å². The molecular weight excluding hydrogens is 362 g/mol. The zero-order chi connectivity index (χ0) is 20.4. The number of carbonyl (C=O) groups excluding carboxylic acids is 2. The highest BCUT2D eigenvalue weighted by Gasteiger charge is 2.21. The van der Waals surface area contributed by atoms with E-state index in [4.69, 9.17) is 0 Å². The standard InChI is InChI=1S/C24H25N3O2/c1-16-6-11-21-20(14-16)22(25-19-9-7-18(8-10-19)17(2)28)15-23(26-21)24(29)27-12-4-3-5-13-27/h6-11,14-15H,3-5,12-13H2,1-2H3,(H,25,26). The second-order valence-electron chi connectivity index (χ2n) is 7.69. The van der Waals surface area contributed by atoms with Gasteiger partial charge in [0.15, 0.2) is 5.78 Å². The van der Waals surface area contributed by atoms with Gasteiger partial charge in [-0.15, -0.1) is 0 Å². The molecule has 0 bridgehead atoms. The van der Waals surface area contributed by atoms with E-state index in [-0.39, 0.29) is 11.7 Å². The molecular formula is C24H25N3O2. The van der Waals surface area contributed by atoms with Gasteiger partial charge in [0.1, 0.15) is 5.69 Å². The molecule has 3 aromatic rings. The number of carbonyl (C=O) groups is 2. The molecule has 4 rings (SSSR count). The fourth-order valence-electron chi connectivity index (χ4n) is 3.76. The third kappa shape index (κ3) is 4.14. The lowest BCUT2D eigenvalue weighted by atomic mass is 10.1. The molecule has 0 atom stereocenters. The van der Waals surface area contributed by atoms with Crippen LogP contribution in [0.4, 0.5) is 11.4 Å². The van der Waals surface area contributed by atoms with Crippen LogP contribution in [0.5, 0.6) is 0 Å².